The van der Waals surface area contributed by atoms with E-state index in [0.717, 1.165) is 5.56 Å². The van der Waals surface area contributed by atoms with Gasteiger partial charge < -0.3 is 4.74 Å². The molecule has 0 spiro atoms. The van der Waals surface area contributed by atoms with Crippen LogP contribution in [0.4, 0.5) is 0 Å². The van der Waals surface area contributed by atoms with Gasteiger partial charge in [0.25, 0.3) is 0 Å². The topological polar surface area (TPSA) is 72.5 Å². The summed E-state index contributed by atoms with van der Waals surface area (Å²) in [5.74, 6) is -0.533. The minimum absolute atomic E-state index is 0.0368. The summed E-state index contributed by atoms with van der Waals surface area (Å²) in [6, 6.07) is 15.4. The Morgan fingerprint density at radius 3 is 2.48 bits per heavy atom. The largest absolute Gasteiger partial charge is 0.465 e. The number of methoxy groups -OCH3 is 1. The number of nitrogens with one attached hydrogen (secondary N) is 1. The van der Waals surface area contributed by atoms with Gasteiger partial charge in [0, 0.05) is 6.54 Å². The predicted octanol–water partition coefficient (Wildman–Crippen LogP) is 2.56. The van der Waals surface area contributed by atoms with Crippen LogP contribution in [0.25, 0.3) is 0 Å². The second-order valence-electron chi connectivity index (χ2n) is 5.18. The second kappa shape index (κ2) is 7.39. The Bertz CT molecular complexity index is 772. The van der Waals surface area contributed by atoms with Crippen molar-refractivity contribution in [3.8, 4) is 0 Å². The van der Waals surface area contributed by atoms with Gasteiger partial charge >= 0.3 is 5.97 Å². The van der Waals surface area contributed by atoms with Crippen molar-refractivity contribution in [2.75, 3.05) is 13.7 Å². The lowest BCUT2D eigenvalue weighted by Gasteiger charge is -2.13. The highest BCUT2D eigenvalue weighted by Crippen LogP contribution is 2.16. The van der Waals surface area contributed by atoms with Gasteiger partial charge in [0.05, 0.1) is 17.6 Å². The first-order valence-electron chi connectivity index (χ1n) is 7.17. The van der Waals surface area contributed by atoms with Crippen LogP contribution in [0.3, 0.4) is 0 Å². The highest BCUT2D eigenvalue weighted by atomic mass is 32.2. The zero-order valence-electron chi connectivity index (χ0n) is 13.0. The molecule has 0 aliphatic heterocycles. The van der Waals surface area contributed by atoms with Gasteiger partial charge in [-0.25, -0.2) is 17.9 Å². The SMILES string of the molecule is COC(=O)c1cccc(S(=O)(=O)NC[C@H](C)c2ccccc2)c1. The summed E-state index contributed by atoms with van der Waals surface area (Å²) in [4.78, 5) is 11.5. The average Bonchev–Trinajstić information content (AvgIpc) is 2.60. The molecule has 6 heteroatoms. The third-order valence-corrected chi connectivity index (χ3v) is 4.93. The maximum atomic E-state index is 12.4. The molecule has 0 radical (unpaired) electrons. The Kier molecular flexibility index (Phi) is 5.52. The van der Waals surface area contributed by atoms with Gasteiger partial charge in [0.2, 0.25) is 10.0 Å². The number of sulfonamides is 1. The number of hydrogen-bond acceptors (Lipinski definition) is 4. The smallest absolute Gasteiger partial charge is 0.337 e. The molecule has 0 aliphatic rings. The summed E-state index contributed by atoms with van der Waals surface area (Å²) in [5, 5.41) is 0. The summed E-state index contributed by atoms with van der Waals surface area (Å²) in [6.45, 7) is 2.22. The molecule has 0 unspecified atom stereocenters. The first kappa shape index (κ1) is 17.2. The molecule has 0 aliphatic carbocycles. The summed E-state index contributed by atoms with van der Waals surface area (Å²) < 4.78 is 31.9. The molecule has 1 atom stereocenters. The molecule has 0 heterocycles. The van der Waals surface area contributed by atoms with Gasteiger partial charge in [0.1, 0.15) is 0 Å². The highest BCUT2D eigenvalue weighted by Gasteiger charge is 2.17. The van der Waals surface area contributed by atoms with Crippen LogP contribution >= 0.6 is 0 Å². The molecule has 2 aromatic carbocycles. The number of rotatable bonds is 6. The summed E-state index contributed by atoms with van der Waals surface area (Å²) >= 11 is 0. The van der Waals surface area contributed by atoms with E-state index in [1.165, 1.54) is 31.4 Å². The van der Waals surface area contributed by atoms with E-state index in [2.05, 4.69) is 9.46 Å². The van der Waals surface area contributed by atoms with Crippen LogP contribution in [0.2, 0.25) is 0 Å². The van der Waals surface area contributed by atoms with E-state index in [-0.39, 0.29) is 22.9 Å². The van der Waals surface area contributed by atoms with Crippen molar-refractivity contribution < 1.29 is 17.9 Å². The van der Waals surface area contributed by atoms with Crippen LogP contribution in [0.1, 0.15) is 28.8 Å². The summed E-state index contributed by atoms with van der Waals surface area (Å²) in [5.41, 5.74) is 1.25. The van der Waals surface area contributed by atoms with E-state index in [0.29, 0.717) is 0 Å². The van der Waals surface area contributed by atoms with E-state index in [1.54, 1.807) is 0 Å². The number of ether oxygens (including phenoxy) is 1. The summed E-state index contributed by atoms with van der Waals surface area (Å²) in [6.07, 6.45) is 0. The van der Waals surface area contributed by atoms with Crippen molar-refractivity contribution in [3.05, 3.63) is 65.7 Å². The first-order chi connectivity index (χ1) is 10.9. The van der Waals surface area contributed by atoms with Crippen LogP contribution in [0.5, 0.6) is 0 Å². The van der Waals surface area contributed by atoms with Gasteiger partial charge in [0.15, 0.2) is 0 Å². The van der Waals surface area contributed by atoms with E-state index >= 15 is 0 Å². The number of benzene rings is 2. The number of carbonyl (C=O) groups is 1. The molecule has 0 saturated carbocycles. The Balaban J connectivity index is 2.12. The molecule has 0 saturated heterocycles. The van der Waals surface area contributed by atoms with Crippen LogP contribution in [0, 0.1) is 0 Å². The van der Waals surface area contributed by atoms with E-state index in [9.17, 15) is 13.2 Å². The maximum Gasteiger partial charge on any atom is 0.337 e. The van der Waals surface area contributed by atoms with Gasteiger partial charge in [-0.05, 0) is 29.7 Å². The van der Waals surface area contributed by atoms with Crippen LogP contribution < -0.4 is 4.72 Å². The third kappa shape index (κ3) is 4.40. The Morgan fingerprint density at radius 1 is 1.13 bits per heavy atom. The fraction of sp³-hybridized carbons (Fsp3) is 0.235. The molecule has 2 aromatic rings. The van der Waals surface area contributed by atoms with E-state index < -0.39 is 16.0 Å². The Hall–Kier alpha value is -2.18. The van der Waals surface area contributed by atoms with Crippen molar-refractivity contribution in [2.24, 2.45) is 0 Å². The molecule has 0 aromatic heterocycles. The Morgan fingerprint density at radius 2 is 1.83 bits per heavy atom. The van der Waals surface area contributed by atoms with Crippen molar-refractivity contribution in [3.63, 3.8) is 0 Å². The van der Waals surface area contributed by atoms with Crippen molar-refractivity contribution in [1.29, 1.82) is 0 Å². The predicted molar refractivity (Wildman–Crippen MR) is 87.8 cm³/mol. The van der Waals surface area contributed by atoms with Crippen LogP contribution in [-0.4, -0.2) is 28.0 Å². The molecule has 122 valence electrons. The number of hydrogen-bond donors (Lipinski definition) is 1. The standard InChI is InChI=1S/C17H19NO4S/c1-13(14-7-4-3-5-8-14)12-18-23(20,21)16-10-6-9-15(11-16)17(19)22-2/h3-11,13,18H,12H2,1-2H3/t13-/m0/s1. The van der Waals surface area contributed by atoms with Crippen molar-refractivity contribution in [1.82, 2.24) is 4.72 Å². The average molecular weight is 333 g/mol. The van der Waals surface area contributed by atoms with E-state index in [4.69, 9.17) is 0 Å². The quantitative estimate of drug-likeness (QED) is 0.825. The second-order valence-corrected chi connectivity index (χ2v) is 6.95. The zero-order valence-corrected chi connectivity index (χ0v) is 13.8. The number of esters is 1. The third-order valence-electron chi connectivity index (χ3n) is 3.51. The normalized spacial score (nSPS) is 12.6. The Labute approximate surface area is 136 Å². The minimum Gasteiger partial charge on any atom is -0.465 e. The maximum absolute atomic E-state index is 12.4. The molecule has 0 amide bonds. The lowest BCUT2D eigenvalue weighted by Crippen LogP contribution is -2.28. The van der Waals surface area contributed by atoms with Crippen molar-refractivity contribution >= 4 is 16.0 Å². The minimum atomic E-state index is -3.69. The molecular formula is C17H19NO4S. The lowest BCUT2D eigenvalue weighted by molar-refractivity contribution is 0.0600. The zero-order chi connectivity index (χ0) is 16.9. The molecule has 0 fully saturated rings. The molecule has 23 heavy (non-hydrogen) atoms. The van der Waals surface area contributed by atoms with Gasteiger partial charge in [-0.2, -0.15) is 0 Å². The molecule has 5 nitrogen and oxygen atoms in total. The van der Waals surface area contributed by atoms with Gasteiger partial charge in [-0.15, -0.1) is 0 Å². The number of carbonyl (C=O) groups excluding carboxylic acids is 1. The first-order valence-corrected chi connectivity index (χ1v) is 8.65. The summed E-state index contributed by atoms with van der Waals surface area (Å²) in [7, 11) is -2.43. The monoisotopic (exact) mass is 333 g/mol. The highest BCUT2D eigenvalue weighted by molar-refractivity contribution is 7.89. The van der Waals surface area contributed by atoms with Gasteiger partial charge in [-0.3, -0.25) is 0 Å². The van der Waals surface area contributed by atoms with E-state index in [1.807, 2.05) is 37.3 Å². The fourth-order valence-corrected chi connectivity index (χ4v) is 3.30. The lowest BCUT2D eigenvalue weighted by atomic mass is 10.0. The van der Waals surface area contributed by atoms with Crippen LogP contribution in [0.15, 0.2) is 59.5 Å². The van der Waals surface area contributed by atoms with Gasteiger partial charge in [-0.1, -0.05) is 43.3 Å². The van der Waals surface area contributed by atoms with Crippen molar-refractivity contribution in [2.45, 2.75) is 17.7 Å². The molecule has 1 N–H and O–H groups in total. The molecule has 0 bridgehead atoms. The fourth-order valence-electron chi connectivity index (χ4n) is 2.13. The molecular weight excluding hydrogens is 314 g/mol. The van der Waals surface area contributed by atoms with Crippen LogP contribution in [-0.2, 0) is 14.8 Å². The molecule has 2 rings (SSSR count).